The van der Waals surface area contributed by atoms with Gasteiger partial charge in [0.1, 0.15) is 0 Å². The third-order valence-corrected chi connectivity index (χ3v) is 2.90. The van der Waals surface area contributed by atoms with Crippen molar-refractivity contribution in [2.75, 3.05) is 11.5 Å². The molecule has 0 aromatic heterocycles. The van der Waals surface area contributed by atoms with Crippen LogP contribution in [0.2, 0.25) is 0 Å². The molecule has 0 aliphatic carbocycles. The van der Waals surface area contributed by atoms with Crippen molar-refractivity contribution in [3.8, 4) is 0 Å². The van der Waals surface area contributed by atoms with Crippen molar-refractivity contribution >= 4 is 17.9 Å². The molecule has 0 bridgehead atoms. The molecule has 3 heteroatoms. The average Bonchev–Trinajstić information content (AvgIpc) is 2.39. The summed E-state index contributed by atoms with van der Waals surface area (Å²) in [6.45, 7) is 5.93. The second-order valence-electron chi connectivity index (χ2n) is 4.08. The maximum absolute atomic E-state index is 12.1. The third-order valence-electron chi connectivity index (χ3n) is 2.90. The van der Waals surface area contributed by atoms with Crippen LogP contribution in [0.1, 0.15) is 18.9 Å². The quantitative estimate of drug-likeness (QED) is 0.759. The number of anilines is 1. The van der Waals surface area contributed by atoms with Crippen molar-refractivity contribution < 1.29 is 9.53 Å². The summed E-state index contributed by atoms with van der Waals surface area (Å²) >= 11 is 0. The summed E-state index contributed by atoms with van der Waals surface area (Å²) in [4.78, 5) is 13.8. The molecule has 3 nitrogen and oxygen atoms in total. The van der Waals surface area contributed by atoms with Gasteiger partial charge in [-0.15, -0.1) is 6.58 Å². The molecular formula is C15H17NO2. The first-order chi connectivity index (χ1) is 8.77. The zero-order chi connectivity index (χ0) is 13.0. The van der Waals surface area contributed by atoms with Crippen LogP contribution >= 0.6 is 0 Å². The van der Waals surface area contributed by atoms with Gasteiger partial charge in [-0.1, -0.05) is 36.4 Å². The van der Waals surface area contributed by atoms with Crippen LogP contribution in [0.3, 0.4) is 0 Å². The summed E-state index contributed by atoms with van der Waals surface area (Å²) in [6, 6.07) is 7.79. The molecule has 2 rings (SSSR count). The molecule has 0 saturated carbocycles. The number of amides is 1. The molecule has 1 aromatic carbocycles. The van der Waals surface area contributed by atoms with Crippen LogP contribution in [0.15, 0.2) is 43.0 Å². The van der Waals surface area contributed by atoms with E-state index < -0.39 is 0 Å². The van der Waals surface area contributed by atoms with Gasteiger partial charge >= 0.3 is 6.09 Å². The maximum atomic E-state index is 12.1. The summed E-state index contributed by atoms with van der Waals surface area (Å²) in [6.07, 6.45) is 6.28. The molecule has 18 heavy (non-hydrogen) atoms. The molecule has 0 radical (unpaired) electrons. The summed E-state index contributed by atoms with van der Waals surface area (Å²) in [7, 11) is 0. The van der Waals surface area contributed by atoms with E-state index in [1.807, 2.05) is 49.4 Å². The standard InChI is InChI=1S/C15H17NO2/c1-3-7-13-11-10-12-8-5-6-9-14(12)16(13)15(17)18-4-2/h3,5-6,8-11,13H,1,4,7H2,2H3. The minimum Gasteiger partial charge on any atom is -0.449 e. The van der Waals surface area contributed by atoms with E-state index in [9.17, 15) is 4.79 Å². The minimum atomic E-state index is -0.304. The molecule has 94 valence electrons. The first kappa shape index (κ1) is 12.4. The Hall–Kier alpha value is -2.03. The highest BCUT2D eigenvalue weighted by molar-refractivity contribution is 5.93. The van der Waals surface area contributed by atoms with E-state index >= 15 is 0 Å². The maximum Gasteiger partial charge on any atom is 0.414 e. The number of para-hydroxylation sites is 1. The highest BCUT2D eigenvalue weighted by Gasteiger charge is 2.27. The minimum absolute atomic E-state index is 0.0172. The highest BCUT2D eigenvalue weighted by atomic mass is 16.6. The molecule has 0 N–H and O–H groups in total. The molecule has 0 spiro atoms. The van der Waals surface area contributed by atoms with Crippen molar-refractivity contribution in [2.24, 2.45) is 0 Å². The van der Waals surface area contributed by atoms with Crippen molar-refractivity contribution in [3.63, 3.8) is 0 Å². The third kappa shape index (κ3) is 2.30. The lowest BCUT2D eigenvalue weighted by Crippen LogP contribution is -2.41. The van der Waals surface area contributed by atoms with Gasteiger partial charge in [0.2, 0.25) is 0 Å². The Bertz CT molecular complexity index is 479. The number of ether oxygens (including phenoxy) is 1. The molecule has 1 unspecified atom stereocenters. The van der Waals surface area contributed by atoms with Gasteiger partial charge in [-0.05, 0) is 25.0 Å². The van der Waals surface area contributed by atoms with Crippen LogP contribution in [0, 0.1) is 0 Å². The second kappa shape index (κ2) is 5.54. The van der Waals surface area contributed by atoms with Gasteiger partial charge in [-0.2, -0.15) is 0 Å². The lowest BCUT2D eigenvalue weighted by atomic mass is 10.0. The van der Waals surface area contributed by atoms with Gasteiger partial charge in [0.05, 0.1) is 18.3 Å². The van der Waals surface area contributed by atoms with Crippen LogP contribution in [0.5, 0.6) is 0 Å². The van der Waals surface area contributed by atoms with E-state index in [0.717, 1.165) is 11.3 Å². The second-order valence-corrected chi connectivity index (χ2v) is 4.08. The fourth-order valence-electron chi connectivity index (χ4n) is 2.11. The number of nitrogens with zero attached hydrogens (tertiary/aromatic N) is 1. The van der Waals surface area contributed by atoms with Crippen molar-refractivity contribution in [1.29, 1.82) is 0 Å². The monoisotopic (exact) mass is 243 g/mol. The molecule has 1 aliphatic heterocycles. The SMILES string of the molecule is C=CCC1C=Cc2ccccc2N1C(=O)OCC. The van der Waals surface area contributed by atoms with Crippen LogP contribution in [-0.2, 0) is 4.74 Å². The van der Waals surface area contributed by atoms with Gasteiger partial charge in [0, 0.05) is 0 Å². The van der Waals surface area contributed by atoms with Gasteiger partial charge in [0.25, 0.3) is 0 Å². The van der Waals surface area contributed by atoms with E-state index in [4.69, 9.17) is 4.74 Å². The molecule has 1 aliphatic rings. The first-order valence-electron chi connectivity index (χ1n) is 6.12. The molecule has 1 atom stereocenters. The Labute approximate surface area is 107 Å². The Morgan fingerprint density at radius 1 is 1.50 bits per heavy atom. The van der Waals surface area contributed by atoms with Crippen LogP contribution < -0.4 is 4.90 Å². The van der Waals surface area contributed by atoms with E-state index in [-0.39, 0.29) is 12.1 Å². The number of hydrogen-bond donors (Lipinski definition) is 0. The van der Waals surface area contributed by atoms with Gasteiger partial charge in [0.15, 0.2) is 0 Å². The number of benzene rings is 1. The van der Waals surface area contributed by atoms with Crippen LogP contribution in [0.25, 0.3) is 6.08 Å². The number of carbonyl (C=O) groups excluding carboxylic acids is 1. The predicted octanol–water partition coefficient (Wildman–Crippen LogP) is 3.62. The Morgan fingerprint density at radius 2 is 2.28 bits per heavy atom. The van der Waals surface area contributed by atoms with E-state index in [1.165, 1.54) is 0 Å². The summed E-state index contributed by atoms with van der Waals surface area (Å²) in [5, 5.41) is 0. The molecular weight excluding hydrogens is 226 g/mol. The fourth-order valence-corrected chi connectivity index (χ4v) is 2.11. The summed E-state index contributed by atoms with van der Waals surface area (Å²) < 4.78 is 5.13. The van der Waals surface area contributed by atoms with Gasteiger partial charge in [-0.25, -0.2) is 4.79 Å². The van der Waals surface area contributed by atoms with Crippen molar-refractivity contribution in [1.82, 2.24) is 0 Å². The molecule has 1 heterocycles. The Morgan fingerprint density at radius 3 is 3.00 bits per heavy atom. The van der Waals surface area contributed by atoms with E-state index in [2.05, 4.69) is 6.58 Å². The topological polar surface area (TPSA) is 29.5 Å². The Balaban J connectivity index is 2.38. The fraction of sp³-hybridized carbons (Fsp3) is 0.267. The molecule has 1 amide bonds. The average molecular weight is 243 g/mol. The number of hydrogen-bond acceptors (Lipinski definition) is 2. The van der Waals surface area contributed by atoms with Crippen molar-refractivity contribution in [2.45, 2.75) is 19.4 Å². The summed E-state index contributed by atoms with van der Waals surface area (Å²) in [5.74, 6) is 0. The highest BCUT2D eigenvalue weighted by Crippen LogP contribution is 2.30. The molecule has 1 aromatic rings. The van der Waals surface area contributed by atoms with Gasteiger partial charge < -0.3 is 4.74 Å². The van der Waals surface area contributed by atoms with Crippen LogP contribution in [-0.4, -0.2) is 18.7 Å². The lowest BCUT2D eigenvalue weighted by Gasteiger charge is -2.32. The smallest absolute Gasteiger partial charge is 0.414 e. The van der Waals surface area contributed by atoms with E-state index in [1.54, 1.807) is 4.90 Å². The first-order valence-corrected chi connectivity index (χ1v) is 6.12. The Kier molecular flexibility index (Phi) is 3.82. The van der Waals surface area contributed by atoms with E-state index in [0.29, 0.717) is 13.0 Å². The zero-order valence-electron chi connectivity index (χ0n) is 10.5. The molecule has 0 fully saturated rings. The summed E-state index contributed by atoms with van der Waals surface area (Å²) in [5.41, 5.74) is 1.93. The van der Waals surface area contributed by atoms with Gasteiger partial charge in [-0.3, -0.25) is 4.90 Å². The number of rotatable bonds is 3. The van der Waals surface area contributed by atoms with Crippen LogP contribution in [0.4, 0.5) is 10.5 Å². The number of carbonyl (C=O) groups is 1. The lowest BCUT2D eigenvalue weighted by molar-refractivity contribution is 0.158. The zero-order valence-corrected chi connectivity index (χ0v) is 10.5. The molecule has 0 saturated heterocycles. The predicted molar refractivity (Wildman–Crippen MR) is 73.6 cm³/mol. The normalized spacial score (nSPS) is 17.2. The number of fused-ring (bicyclic) bond motifs is 1. The van der Waals surface area contributed by atoms with Crippen molar-refractivity contribution in [3.05, 3.63) is 48.6 Å². The largest absolute Gasteiger partial charge is 0.449 e.